The highest BCUT2D eigenvalue weighted by molar-refractivity contribution is 14.0. The number of aliphatic hydroxyl groups excluding tert-OH is 1. The maximum atomic E-state index is 9.63. The average Bonchev–Trinajstić information content (AvgIpc) is 2.73. The number of hydrogen-bond acceptors (Lipinski definition) is 3. The van der Waals surface area contributed by atoms with Crippen molar-refractivity contribution in [3.05, 3.63) is 70.2 Å². The van der Waals surface area contributed by atoms with Crippen molar-refractivity contribution in [2.45, 2.75) is 45.0 Å². The summed E-state index contributed by atoms with van der Waals surface area (Å²) in [4.78, 5) is 6.73. The van der Waals surface area contributed by atoms with Crippen LogP contribution >= 0.6 is 35.6 Å². The molecule has 7 heteroatoms. The summed E-state index contributed by atoms with van der Waals surface area (Å²) in [7, 11) is 1.78. The fourth-order valence-corrected chi connectivity index (χ4v) is 3.74. The number of benzene rings is 2. The Morgan fingerprint density at radius 1 is 1.17 bits per heavy atom. The summed E-state index contributed by atoms with van der Waals surface area (Å²) < 4.78 is 0. The zero-order valence-electron chi connectivity index (χ0n) is 17.6. The summed E-state index contributed by atoms with van der Waals surface area (Å²) in [6, 6.07) is 16.7. The van der Waals surface area contributed by atoms with Crippen molar-refractivity contribution in [1.29, 1.82) is 0 Å². The van der Waals surface area contributed by atoms with Gasteiger partial charge in [0.2, 0.25) is 0 Å². The molecule has 0 amide bonds. The largest absolute Gasteiger partial charge is 0.393 e. The lowest BCUT2D eigenvalue weighted by molar-refractivity contribution is 0.0792. The summed E-state index contributed by atoms with van der Waals surface area (Å²) >= 11 is 6.09. The second-order valence-corrected chi connectivity index (χ2v) is 8.11. The lowest BCUT2D eigenvalue weighted by Crippen LogP contribution is -2.38. The van der Waals surface area contributed by atoms with E-state index in [1.807, 2.05) is 18.2 Å². The van der Waals surface area contributed by atoms with Gasteiger partial charge < -0.3 is 15.7 Å². The fourth-order valence-electron chi connectivity index (χ4n) is 3.54. The smallest absolute Gasteiger partial charge is 0.191 e. The van der Waals surface area contributed by atoms with E-state index in [-0.39, 0.29) is 36.1 Å². The number of hydrogen-bond donors (Lipinski definition) is 3. The Balaban J connectivity index is 0.00000320. The molecule has 1 aliphatic rings. The highest BCUT2D eigenvalue weighted by Gasteiger charge is 2.16. The number of aliphatic imine (C=N–C) groups is 1. The van der Waals surface area contributed by atoms with Crippen LogP contribution in [-0.4, -0.2) is 42.2 Å². The molecule has 1 unspecified atom stereocenters. The van der Waals surface area contributed by atoms with Crippen LogP contribution < -0.4 is 10.6 Å². The summed E-state index contributed by atoms with van der Waals surface area (Å²) in [6.45, 7) is 5.68. The van der Waals surface area contributed by atoms with Gasteiger partial charge >= 0.3 is 0 Å². The van der Waals surface area contributed by atoms with E-state index in [4.69, 9.17) is 11.6 Å². The lowest BCUT2D eigenvalue weighted by Gasteiger charge is -2.29. The van der Waals surface area contributed by atoms with Gasteiger partial charge in [-0.05, 0) is 48.6 Å². The molecule has 0 aliphatic carbocycles. The first-order valence-electron chi connectivity index (χ1n) is 10.2. The molecular formula is C23H32ClIN4O. The van der Waals surface area contributed by atoms with E-state index in [1.54, 1.807) is 7.05 Å². The van der Waals surface area contributed by atoms with Gasteiger partial charge in [0, 0.05) is 38.2 Å². The molecule has 3 rings (SSSR count). The Morgan fingerprint density at radius 3 is 2.47 bits per heavy atom. The van der Waals surface area contributed by atoms with Crippen molar-refractivity contribution in [2.24, 2.45) is 4.99 Å². The third-order valence-corrected chi connectivity index (χ3v) is 5.61. The summed E-state index contributed by atoms with van der Waals surface area (Å²) in [5.74, 6) is 0.758. The fraction of sp³-hybridized carbons (Fsp3) is 0.435. The molecule has 0 radical (unpaired) electrons. The zero-order chi connectivity index (χ0) is 20.6. The van der Waals surface area contributed by atoms with E-state index < -0.39 is 0 Å². The van der Waals surface area contributed by atoms with Gasteiger partial charge in [0.05, 0.1) is 12.1 Å². The van der Waals surface area contributed by atoms with Crippen molar-refractivity contribution in [2.75, 3.05) is 20.1 Å². The van der Waals surface area contributed by atoms with E-state index in [0.717, 1.165) is 49.0 Å². The first-order chi connectivity index (χ1) is 14.0. The molecule has 0 bridgehead atoms. The molecule has 2 aromatic rings. The molecule has 1 fully saturated rings. The quantitative estimate of drug-likeness (QED) is 0.289. The third-order valence-electron chi connectivity index (χ3n) is 5.37. The molecule has 1 heterocycles. The summed E-state index contributed by atoms with van der Waals surface area (Å²) in [5, 5.41) is 17.1. The molecule has 30 heavy (non-hydrogen) atoms. The number of likely N-dealkylation sites (tertiary alicyclic amines) is 1. The molecule has 0 spiro atoms. The zero-order valence-corrected chi connectivity index (χ0v) is 20.7. The standard InChI is InChI=1S/C23H31ClN4O.HI/c1-17(20-4-3-5-21(24)14-20)27-23(25-2)26-15-18-6-8-19(9-7-18)16-28-12-10-22(29)11-13-28;/h3-9,14,17,22,29H,10-13,15-16H2,1-2H3,(H2,25,26,27);1H. The SMILES string of the molecule is CN=C(NCc1ccc(CN2CCC(O)CC2)cc1)NC(C)c1cccc(Cl)c1.I. The van der Waals surface area contributed by atoms with E-state index in [0.29, 0.717) is 6.54 Å². The topological polar surface area (TPSA) is 59.9 Å². The van der Waals surface area contributed by atoms with Crippen LogP contribution in [0.3, 0.4) is 0 Å². The summed E-state index contributed by atoms with van der Waals surface area (Å²) in [6.07, 6.45) is 1.63. The van der Waals surface area contributed by atoms with Crippen molar-refractivity contribution in [3.63, 3.8) is 0 Å². The number of nitrogens with one attached hydrogen (secondary N) is 2. The summed E-state index contributed by atoms with van der Waals surface area (Å²) in [5.41, 5.74) is 3.64. The molecule has 5 nitrogen and oxygen atoms in total. The Hall–Kier alpha value is -1.35. The lowest BCUT2D eigenvalue weighted by atomic mass is 10.1. The van der Waals surface area contributed by atoms with Crippen LogP contribution in [-0.2, 0) is 13.1 Å². The Labute approximate surface area is 201 Å². The Kier molecular flexibility index (Phi) is 10.4. The van der Waals surface area contributed by atoms with Crippen LogP contribution in [0.2, 0.25) is 5.02 Å². The Morgan fingerprint density at radius 2 is 1.83 bits per heavy atom. The van der Waals surface area contributed by atoms with Crippen molar-refractivity contribution in [1.82, 2.24) is 15.5 Å². The number of rotatable bonds is 6. The van der Waals surface area contributed by atoms with Gasteiger partial charge in [-0.2, -0.15) is 0 Å². The molecule has 1 saturated heterocycles. The van der Waals surface area contributed by atoms with Gasteiger partial charge in [0.15, 0.2) is 5.96 Å². The molecule has 164 valence electrons. The van der Waals surface area contributed by atoms with Gasteiger partial charge in [-0.3, -0.25) is 9.89 Å². The maximum absolute atomic E-state index is 9.63. The number of halogens is 2. The van der Waals surface area contributed by atoms with Gasteiger partial charge in [0.1, 0.15) is 0 Å². The van der Waals surface area contributed by atoms with E-state index >= 15 is 0 Å². The number of nitrogens with zero attached hydrogens (tertiary/aromatic N) is 2. The van der Waals surface area contributed by atoms with Crippen LogP contribution in [0.1, 0.15) is 42.5 Å². The van der Waals surface area contributed by atoms with Gasteiger partial charge in [-0.25, -0.2) is 0 Å². The number of piperidine rings is 1. The van der Waals surface area contributed by atoms with Crippen LogP contribution in [0, 0.1) is 0 Å². The first-order valence-corrected chi connectivity index (χ1v) is 10.6. The van der Waals surface area contributed by atoms with Crippen LogP contribution in [0.4, 0.5) is 0 Å². The molecule has 0 saturated carbocycles. The maximum Gasteiger partial charge on any atom is 0.191 e. The predicted octanol–water partition coefficient (Wildman–Crippen LogP) is 4.34. The minimum absolute atomic E-state index is 0. The second kappa shape index (κ2) is 12.5. The van der Waals surface area contributed by atoms with E-state index in [1.165, 1.54) is 11.1 Å². The highest BCUT2D eigenvalue weighted by atomic mass is 127. The normalized spacial score (nSPS) is 16.6. The van der Waals surface area contributed by atoms with Gasteiger partial charge in [-0.15, -0.1) is 24.0 Å². The highest BCUT2D eigenvalue weighted by Crippen LogP contribution is 2.17. The molecule has 3 N–H and O–H groups in total. The Bertz CT molecular complexity index is 807. The van der Waals surface area contributed by atoms with Crippen molar-refractivity contribution >= 4 is 41.5 Å². The third kappa shape index (κ3) is 7.72. The molecule has 1 aliphatic heterocycles. The number of aliphatic hydroxyl groups is 1. The minimum Gasteiger partial charge on any atom is -0.393 e. The van der Waals surface area contributed by atoms with E-state index in [2.05, 4.69) is 57.8 Å². The van der Waals surface area contributed by atoms with Crippen LogP contribution in [0.25, 0.3) is 0 Å². The van der Waals surface area contributed by atoms with Crippen molar-refractivity contribution in [3.8, 4) is 0 Å². The van der Waals surface area contributed by atoms with Crippen LogP contribution in [0.5, 0.6) is 0 Å². The molecule has 0 aromatic heterocycles. The van der Waals surface area contributed by atoms with Crippen LogP contribution in [0.15, 0.2) is 53.5 Å². The van der Waals surface area contributed by atoms with Crippen molar-refractivity contribution < 1.29 is 5.11 Å². The van der Waals surface area contributed by atoms with Gasteiger partial charge in [-0.1, -0.05) is 48.0 Å². The van der Waals surface area contributed by atoms with Gasteiger partial charge in [0.25, 0.3) is 0 Å². The molecule has 2 aromatic carbocycles. The number of guanidine groups is 1. The predicted molar refractivity (Wildman–Crippen MR) is 136 cm³/mol. The monoisotopic (exact) mass is 542 g/mol. The average molecular weight is 543 g/mol. The second-order valence-electron chi connectivity index (χ2n) is 7.67. The molecule has 1 atom stereocenters. The first kappa shape index (κ1) is 24.9. The molecular weight excluding hydrogens is 511 g/mol. The van der Waals surface area contributed by atoms with E-state index in [9.17, 15) is 5.11 Å². The minimum atomic E-state index is -0.121.